The molecule has 0 saturated carbocycles. The maximum atomic E-state index is 12.9. The molecule has 0 fully saturated rings. The summed E-state index contributed by atoms with van der Waals surface area (Å²) in [5, 5.41) is 10.4. The first-order valence-corrected chi connectivity index (χ1v) is 6.89. The van der Waals surface area contributed by atoms with Crippen LogP contribution in [0.25, 0.3) is 0 Å². The standard InChI is InChI=1S/C15H13FOS/c16-11-7-5-10(6-8-11)15(17)13-9-18-14-4-2-1-3-12(13)14/h1-8,13,15,17H,9H2. The minimum Gasteiger partial charge on any atom is -0.388 e. The van der Waals surface area contributed by atoms with Crippen molar-refractivity contribution in [3.8, 4) is 0 Å². The van der Waals surface area contributed by atoms with Gasteiger partial charge in [0.25, 0.3) is 0 Å². The Hall–Kier alpha value is -1.32. The largest absolute Gasteiger partial charge is 0.388 e. The molecule has 1 N–H and O–H groups in total. The van der Waals surface area contributed by atoms with Gasteiger partial charge in [0.2, 0.25) is 0 Å². The first kappa shape index (κ1) is 11.8. The average molecular weight is 260 g/mol. The van der Waals surface area contributed by atoms with Crippen LogP contribution in [0, 0.1) is 5.82 Å². The molecular formula is C15H13FOS. The van der Waals surface area contributed by atoms with E-state index >= 15 is 0 Å². The molecule has 2 aromatic carbocycles. The summed E-state index contributed by atoms with van der Waals surface area (Å²) in [4.78, 5) is 1.24. The highest BCUT2D eigenvalue weighted by atomic mass is 32.2. The number of aliphatic hydroxyl groups excluding tert-OH is 1. The highest BCUT2D eigenvalue weighted by molar-refractivity contribution is 7.99. The molecule has 0 spiro atoms. The Bertz CT molecular complexity index is 553. The molecule has 1 aliphatic rings. The molecule has 0 aromatic heterocycles. The summed E-state index contributed by atoms with van der Waals surface area (Å²) in [6.45, 7) is 0. The molecular weight excluding hydrogens is 247 g/mol. The number of fused-ring (bicyclic) bond motifs is 1. The van der Waals surface area contributed by atoms with Crippen LogP contribution in [-0.2, 0) is 0 Å². The predicted molar refractivity (Wildman–Crippen MR) is 71.3 cm³/mol. The monoisotopic (exact) mass is 260 g/mol. The van der Waals surface area contributed by atoms with Crippen LogP contribution in [0.1, 0.15) is 23.1 Å². The third kappa shape index (κ3) is 2.04. The predicted octanol–water partition coefficient (Wildman–Crippen LogP) is 3.75. The molecule has 3 heteroatoms. The third-order valence-corrected chi connectivity index (χ3v) is 4.54. The Morgan fingerprint density at radius 2 is 1.83 bits per heavy atom. The van der Waals surface area contributed by atoms with Crippen molar-refractivity contribution >= 4 is 11.8 Å². The normalized spacial score (nSPS) is 19.6. The molecule has 0 saturated heterocycles. The van der Waals surface area contributed by atoms with Gasteiger partial charge < -0.3 is 5.11 Å². The Labute approximate surface area is 110 Å². The first-order chi connectivity index (χ1) is 8.75. The van der Waals surface area contributed by atoms with Crippen molar-refractivity contribution in [2.75, 3.05) is 5.75 Å². The van der Waals surface area contributed by atoms with Crippen molar-refractivity contribution in [2.45, 2.75) is 16.9 Å². The van der Waals surface area contributed by atoms with Crippen molar-refractivity contribution in [1.82, 2.24) is 0 Å². The molecule has 3 rings (SSSR count). The Kier molecular flexibility index (Phi) is 3.10. The highest BCUT2D eigenvalue weighted by Gasteiger charge is 2.29. The molecule has 0 bridgehead atoms. The lowest BCUT2D eigenvalue weighted by atomic mass is 9.91. The van der Waals surface area contributed by atoms with Gasteiger partial charge in [-0.2, -0.15) is 0 Å². The van der Waals surface area contributed by atoms with E-state index in [0.717, 1.165) is 11.3 Å². The molecule has 2 unspecified atom stereocenters. The number of aliphatic hydroxyl groups is 1. The summed E-state index contributed by atoms with van der Waals surface area (Å²) >= 11 is 1.77. The number of rotatable bonds is 2. The second kappa shape index (κ2) is 4.75. The van der Waals surface area contributed by atoms with Crippen LogP contribution in [0.4, 0.5) is 4.39 Å². The summed E-state index contributed by atoms with van der Waals surface area (Å²) in [6, 6.07) is 14.3. The maximum absolute atomic E-state index is 12.9. The van der Waals surface area contributed by atoms with E-state index in [9.17, 15) is 9.50 Å². The fourth-order valence-electron chi connectivity index (χ4n) is 2.34. The van der Waals surface area contributed by atoms with Crippen LogP contribution in [-0.4, -0.2) is 10.9 Å². The summed E-state index contributed by atoms with van der Waals surface area (Å²) in [5.41, 5.74) is 1.97. The van der Waals surface area contributed by atoms with Crippen molar-refractivity contribution < 1.29 is 9.50 Å². The van der Waals surface area contributed by atoms with Crippen LogP contribution in [0.2, 0.25) is 0 Å². The van der Waals surface area contributed by atoms with Gasteiger partial charge in [-0.25, -0.2) is 4.39 Å². The SMILES string of the molecule is OC(c1ccc(F)cc1)C1CSc2ccccc21. The second-order valence-corrected chi connectivity index (χ2v) is 5.51. The molecule has 2 aromatic rings. The van der Waals surface area contributed by atoms with Gasteiger partial charge in [-0.05, 0) is 29.3 Å². The van der Waals surface area contributed by atoms with Crippen LogP contribution in [0.3, 0.4) is 0 Å². The lowest BCUT2D eigenvalue weighted by Crippen LogP contribution is -2.10. The van der Waals surface area contributed by atoms with Gasteiger partial charge in [0.1, 0.15) is 5.82 Å². The van der Waals surface area contributed by atoms with Gasteiger partial charge in [-0.15, -0.1) is 11.8 Å². The molecule has 0 amide bonds. The number of halogens is 1. The molecule has 1 nitrogen and oxygen atoms in total. The Balaban J connectivity index is 1.90. The number of hydrogen-bond acceptors (Lipinski definition) is 2. The third-order valence-electron chi connectivity index (χ3n) is 3.33. The molecule has 1 aliphatic heterocycles. The number of benzene rings is 2. The lowest BCUT2D eigenvalue weighted by Gasteiger charge is -2.18. The summed E-state index contributed by atoms with van der Waals surface area (Å²) in [7, 11) is 0. The summed E-state index contributed by atoms with van der Waals surface area (Å²) in [5.74, 6) is 0.696. The fourth-order valence-corrected chi connectivity index (χ4v) is 3.62. The van der Waals surface area contributed by atoms with E-state index in [1.54, 1.807) is 23.9 Å². The molecule has 2 atom stereocenters. The molecule has 92 valence electrons. The zero-order valence-electron chi connectivity index (χ0n) is 9.71. The van der Waals surface area contributed by atoms with E-state index in [1.165, 1.54) is 22.6 Å². The molecule has 0 radical (unpaired) electrons. The van der Waals surface area contributed by atoms with Gasteiger partial charge in [0, 0.05) is 16.6 Å². The van der Waals surface area contributed by atoms with Gasteiger partial charge >= 0.3 is 0 Å². The zero-order chi connectivity index (χ0) is 12.5. The molecule has 1 heterocycles. The van der Waals surface area contributed by atoms with Gasteiger partial charge in [0.05, 0.1) is 6.10 Å². The van der Waals surface area contributed by atoms with E-state index in [-0.39, 0.29) is 11.7 Å². The Morgan fingerprint density at radius 3 is 2.61 bits per heavy atom. The van der Waals surface area contributed by atoms with E-state index in [0.29, 0.717) is 0 Å². The van der Waals surface area contributed by atoms with Crippen LogP contribution < -0.4 is 0 Å². The van der Waals surface area contributed by atoms with E-state index in [2.05, 4.69) is 12.1 Å². The lowest BCUT2D eigenvalue weighted by molar-refractivity contribution is 0.153. The minimum atomic E-state index is -0.568. The van der Waals surface area contributed by atoms with Crippen molar-refractivity contribution in [2.24, 2.45) is 0 Å². The van der Waals surface area contributed by atoms with Crippen LogP contribution in [0.15, 0.2) is 53.4 Å². The van der Waals surface area contributed by atoms with Gasteiger partial charge in [-0.3, -0.25) is 0 Å². The summed E-state index contributed by atoms with van der Waals surface area (Å²) in [6.07, 6.45) is -0.568. The highest BCUT2D eigenvalue weighted by Crippen LogP contribution is 2.45. The number of hydrogen-bond donors (Lipinski definition) is 1. The van der Waals surface area contributed by atoms with Crippen molar-refractivity contribution in [3.05, 3.63) is 65.5 Å². The fraction of sp³-hybridized carbons (Fsp3) is 0.200. The molecule has 18 heavy (non-hydrogen) atoms. The van der Waals surface area contributed by atoms with E-state index < -0.39 is 6.10 Å². The number of thioether (sulfide) groups is 1. The quantitative estimate of drug-likeness (QED) is 0.887. The molecule has 0 aliphatic carbocycles. The van der Waals surface area contributed by atoms with Gasteiger partial charge in [0.15, 0.2) is 0 Å². The first-order valence-electron chi connectivity index (χ1n) is 5.91. The van der Waals surface area contributed by atoms with Crippen molar-refractivity contribution in [1.29, 1.82) is 0 Å². The van der Waals surface area contributed by atoms with E-state index in [4.69, 9.17) is 0 Å². The maximum Gasteiger partial charge on any atom is 0.123 e. The van der Waals surface area contributed by atoms with Crippen LogP contribution in [0.5, 0.6) is 0 Å². The average Bonchev–Trinajstić information content (AvgIpc) is 2.82. The topological polar surface area (TPSA) is 20.2 Å². The van der Waals surface area contributed by atoms with E-state index in [1.807, 2.05) is 12.1 Å². The van der Waals surface area contributed by atoms with Crippen molar-refractivity contribution in [3.63, 3.8) is 0 Å². The second-order valence-electron chi connectivity index (χ2n) is 4.45. The smallest absolute Gasteiger partial charge is 0.123 e. The zero-order valence-corrected chi connectivity index (χ0v) is 10.5. The Morgan fingerprint density at radius 1 is 1.11 bits per heavy atom. The van der Waals surface area contributed by atoms with Gasteiger partial charge in [-0.1, -0.05) is 30.3 Å². The van der Waals surface area contributed by atoms with Crippen LogP contribution >= 0.6 is 11.8 Å². The minimum absolute atomic E-state index is 0.0941. The summed E-state index contributed by atoms with van der Waals surface area (Å²) < 4.78 is 12.9.